The van der Waals surface area contributed by atoms with E-state index in [4.69, 9.17) is 2.85 Å². The van der Waals surface area contributed by atoms with Gasteiger partial charge in [-0.05, 0) is 0 Å². The molecule has 42 valence electrons. The van der Waals surface area contributed by atoms with E-state index in [1.807, 2.05) is 0 Å². The van der Waals surface area contributed by atoms with Crippen LogP contribution in [0.1, 0.15) is 26.2 Å². The molecule has 0 saturated heterocycles. The van der Waals surface area contributed by atoms with Gasteiger partial charge in [-0.25, -0.2) is 0 Å². The molecule has 0 fully saturated rings. The Balaban J connectivity index is 2.45. The van der Waals surface area contributed by atoms with Crippen molar-refractivity contribution in [3.05, 3.63) is 0 Å². The summed E-state index contributed by atoms with van der Waals surface area (Å²) >= 11 is 0.476. The average molecular weight is 204 g/mol. The third-order valence-corrected chi connectivity index (χ3v) is 2.12. The Kier molecular flexibility index (Phi) is 7.64. The van der Waals surface area contributed by atoms with Gasteiger partial charge in [-0.1, -0.05) is 0 Å². The van der Waals surface area contributed by atoms with Gasteiger partial charge in [0.2, 0.25) is 0 Å². The van der Waals surface area contributed by atoms with E-state index < -0.39 is 0 Å². The van der Waals surface area contributed by atoms with E-state index in [2.05, 4.69) is 6.92 Å². The zero-order chi connectivity index (χ0) is 5.54. The van der Waals surface area contributed by atoms with Crippen LogP contribution in [0.5, 0.6) is 0 Å². The maximum absolute atomic E-state index is 5.05. The summed E-state index contributed by atoms with van der Waals surface area (Å²) in [5.41, 5.74) is 0. The van der Waals surface area contributed by atoms with Gasteiger partial charge >= 0.3 is 60.5 Å². The van der Waals surface area contributed by atoms with Gasteiger partial charge in [0.1, 0.15) is 0 Å². The summed E-state index contributed by atoms with van der Waals surface area (Å²) in [6, 6.07) is 0. The van der Waals surface area contributed by atoms with E-state index >= 15 is 0 Å². The second-order valence-electron chi connectivity index (χ2n) is 1.70. The number of unbranched alkanes of at least 4 members (excludes halogenated alkanes) is 2. The van der Waals surface area contributed by atoms with Gasteiger partial charge in [-0.3, -0.25) is 0 Å². The maximum atomic E-state index is 5.05. The molecular formula is C5H13InO. The minimum absolute atomic E-state index is 0.476. The molecule has 0 atom stereocenters. The van der Waals surface area contributed by atoms with Crippen LogP contribution in [0.2, 0.25) is 0 Å². The first-order valence-corrected chi connectivity index (χ1v) is 5.23. The van der Waals surface area contributed by atoms with Crippen LogP contribution in [-0.4, -0.2) is 31.4 Å². The Morgan fingerprint density at radius 2 is 2.14 bits per heavy atom. The van der Waals surface area contributed by atoms with Crippen molar-refractivity contribution in [1.29, 1.82) is 0 Å². The van der Waals surface area contributed by atoms with Crippen molar-refractivity contribution in [2.24, 2.45) is 0 Å². The van der Waals surface area contributed by atoms with Crippen LogP contribution in [0.4, 0.5) is 0 Å². The van der Waals surface area contributed by atoms with Crippen LogP contribution in [-0.2, 0) is 2.85 Å². The van der Waals surface area contributed by atoms with Crippen molar-refractivity contribution in [2.45, 2.75) is 26.2 Å². The Labute approximate surface area is 60.6 Å². The van der Waals surface area contributed by atoms with Crippen LogP contribution in [0.15, 0.2) is 0 Å². The summed E-state index contributed by atoms with van der Waals surface area (Å²) < 4.78 is 5.05. The molecule has 0 radical (unpaired) electrons. The Morgan fingerprint density at radius 1 is 1.43 bits per heavy atom. The summed E-state index contributed by atoms with van der Waals surface area (Å²) in [6.45, 7) is 3.23. The first kappa shape index (κ1) is 7.83. The van der Waals surface area contributed by atoms with E-state index in [1.54, 1.807) is 0 Å². The molecule has 0 aromatic heterocycles. The molecule has 7 heavy (non-hydrogen) atoms. The van der Waals surface area contributed by atoms with Crippen molar-refractivity contribution >= 4 is 24.8 Å². The summed E-state index contributed by atoms with van der Waals surface area (Å²) in [7, 11) is 0. The van der Waals surface area contributed by atoms with Crippen LogP contribution < -0.4 is 0 Å². The molecule has 0 unspecified atom stereocenters. The van der Waals surface area contributed by atoms with Gasteiger partial charge in [0, 0.05) is 0 Å². The average Bonchev–Trinajstić information content (AvgIpc) is 1.69. The molecule has 0 heterocycles. The molecule has 0 aliphatic heterocycles. The first-order valence-electron chi connectivity index (χ1n) is 2.90. The zero-order valence-corrected chi connectivity index (χ0v) is 10.9. The van der Waals surface area contributed by atoms with Crippen molar-refractivity contribution in [3.8, 4) is 0 Å². The Bertz CT molecular complexity index is 27.3. The number of rotatable bonds is 4. The van der Waals surface area contributed by atoms with Crippen molar-refractivity contribution < 1.29 is 2.85 Å². The molecule has 0 saturated carbocycles. The predicted octanol–water partition coefficient (Wildman–Crippen LogP) is 0.741. The molecule has 0 aromatic rings. The summed E-state index contributed by atoms with van der Waals surface area (Å²) in [6.07, 6.45) is 3.91. The van der Waals surface area contributed by atoms with Crippen LogP contribution in [0.3, 0.4) is 0 Å². The fraction of sp³-hybridized carbons (Fsp3) is 1.00. The summed E-state index contributed by atoms with van der Waals surface area (Å²) in [5, 5.41) is 0. The van der Waals surface area contributed by atoms with Crippen molar-refractivity contribution in [3.63, 3.8) is 0 Å². The van der Waals surface area contributed by atoms with Crippen LogP contribution in [0.25, 0.3) is 0 Å². The third-order valence-electron chi connectivity index (χ3n) is 0.952. The molecular weight excluding hydrogens is 191 g/mol. The van der Waals surface area contributed by atoms with Crippen molar-refractivity contribution in [1.82, 2.24) is 0 Å². The van der Waals surface area contributed by atoms with E-state index in [0.29, 0.717) is 24.8 Å². The Hall–Kier alpha value is 0.830. The number of hydrogen-bond donors (Lipinski definition) is 0. The molecule has 0 N–H and O–H groups in total. The Morgan fingerprint density at radius 3 is 2.57 bits per heavy atom. The van der Waals surface area contributed by atoms with E-state index in [-0.39, 0.29) is 0 Å². The normalized spacial score (nSPS) is 9.29. The molecule has 0 aliphatic rings. The van der Waals surface area contributed by atoms with Crippen LogP contribution >= 0.6 is 0 Å². The summed E-state index contributed by atoms with van der Waals surface area (Å²) in [5.74, 6) is 0. The molecule has 0 aromatic carbocycles. The molecule has 2 heteroatoms. The molecule has 1 nitrogen and oxygen atoms in total. The molecule has 0 aliphatic carbocycles. The molecule has 0 bridgehead atoms. The minimum atomic E-state index is 0.476. The number of hydrogen-bond acceptors (Lipinski definition) is 1. The first-order chi connectivity index (χ1) is 3.41. The molecule has 0 amide bonds. The summed E-state index contributed by atoms with van der Waals surface area (Å²) in [4.78, 5) is 0. The standard InChI is InChI=1S/C5H11O.In.2H/c1-2-3-4-5-6;;;/h2-5H2,1H3;;;/q-1;+1;;. The third kappa shape index (κ3) is 6.83. The van der Waals surface area contributed by atoms with Crippen molar-refractivity contribution in [2.75, 3.05) is 6.61 Å². The predicted molar refractivity (Wildman–Crippen MR) is 34.0 cm³/mol. The second kappa shape index (κ2) is 6.83. The van der Waals surface area contributed by atoms with E-state index in [9.17, 15) is 0 Å². The second-order valence-corrected chi connectivity index (χ2v) is 3.35. The van der Waals surface area contributed by atoms with E-state index in [1.165, 1.54) is 19.3 Å². The topological polar surface area (TPSA) is 9.23 Å². The van der Waals surface area contributed by atoms with Gasteiger partial charge in [-0.2, -0.15) is 0 Å². The fourth-order valence-electron chi connectivity index (χ4n) is 0.496. The quantitative estimate of drug-likeness (QED) is 0.613. The van der Waals surface area contributed by atoms with Gasteiger partial charge in [0.15, 0.2) is 0 Å². The van der Waals surface area contributed by atoms with Gasteiger partial charge in [-0.15, -0.1) is 0 Å². The molecule has 0 spiro atoms. The van der Waals surface area contributed by atoms with Crippen LogP contribution in [0, 0.1) is 0 Å². The van der Waals surface area contributed by atoms with Gasteiger partial charge in [0.25, 0.3) is 0 Å². The molecule has 0 rings (SSSR count). The van der Waals surface area contributed by atoms with E-state index in [0.717, 1.165) is 6.61 Å². The SMILES string of the molecule is CCCCC[O][InH2]. The fourth-order valence-corrected chi connectivity index (χ4v) is 1.32. The van der Waals surface area contributed by atoms with Gasteiger partial charge < -0.3 is 0 Å². The monoisotopic (exact) mass is 204 g/mol. The van der Waals surface area contributed by atoms with Gasteiger partial charge in [0.05, 0.1) is 0 Å². The zero-order valence-electron chi connectivity index (χ0n) is 5.24.